The molecule has 1 aliphatic rings. The Morgan fingerprint density at radius 2 is 2.05 bits per heavy atom. The third-order valence-corrected chi connectivity index (χ3v) is 3.69. The molecule has 2 N–H and O–H groups in total. The Balaban J connectivity index is 2.16. The van der Waals surface area contributed by atoms with Crippen LogP contribution < -0.4 is 5.32 Å². The molecule has 5 nitrogen and oxygen atoms in total. The lowest BCUT2D eigenvalue weighted by Crippen LogP contribution is -2.48. The highest BCUT2D eigenvalue weighted by atomic mass is 16.3. The SMILES string of the molecule is CC(C)(O)C1CCCN1C(=O)c1ccc(NC=O)cc1. The zero-order chi connectivity index (χ0) is 14.8. The summed E-state index contributed by atoms with van der Waals surface area (Å²) in [4.78, 5) is 24.6. The minimum atomic E-state index is -0.898. The maximum Gasteiger partial charge on any atom is 0.254 e. The summed E-state index contributed by atoms with van der Waals surface area (Å²) in [5.41, 5.74) is 0.320. The molecule has 1 aliphatic heterocycles. The molecular weight excluding hydrogens is 256 g/mol. The van der Waals surface area contributed by atoms with Crippen molar-refractivity contribution < 1.29 is 14.7 Å². The lowest BCUT2D eigenvalue weighted by Gasteiger charge is -2.33. The zero-order valence-electron chi connectivity index (χ0n) is 11.8. The van der Waals surface area contributed by atoms with Crippen molar-refractivity contribution in [3.63, 3.8) is 0 Å². The van der Waals surface area contributed by atoms with Crippen molar-refractivity contribution in [2.45, 2.75) is 38.3 Å². The maximum absolute atomic E-state index is 12.5. The van der Waals surface area contributed by atoms with Crippen LogP contribution in [0.1, 0.15) is 37.0 Å². The predicted molar refractivity (Wildman–Crippen MR) is 76.5 cm³/mol. The van der Waals surface area contributed by atoms with Crippen LogP contribution in [0, 0.1) is 0 Å². The van der Waals surface area contributed by atoms with E-state index in [4.69, 9.17) is 0 Å². The first-order valence-corrected chi connectivity index (χ1v) is 6.77. The fourth-order valence-corrected chi connectivity index (χ4v) is 2.69. The number of carbonyl (C=O) groups excluding carboxylic acids is 2. The van der Waals surface area contributed by atoms with Crippen LogP contribution in [0.15, 0.2) is 24.3 Å². The normalized spacial score (nSPS) is 18.9. The quantitative estimate of drug-likeness (QED) is 0.821. The van der Waals surface area contributed by atoms with Gasteiger partial charge in [-0.25, -0.2) is 0 Å². The number of likely N-dealkylation sites (tertiary alicyclic amines) is 1. The van der Waals surface area contributed by atoms with Gasteiger partial charge in [-0.05, 0) is 51.0 Å². The molecule has 1 aromatic rings. The molecule has 0 saturated carbocycles. The Morgan fingerprint density at radius 3 is 2.60 bits per heavy atom. The number of rotatable bonds is 4. The third kappa shape index (κ3) is 2.99. The molecule has 0 aliphatic carbocycles. The molecule has 108 valence electrons. The molecule has 2 amide bonds. The number of hydrogen-bond donors (Lipinski definition) is 2. The molecule has 1 saturated heterocycles. The highest BCUT2D eigenvalue weighted by Gasteiger charge is 2.38. The molecule has 20 heavy (non-hydrogen) atoms. The second-order valence-electron chi connectivity index (χ2n) is 5.65. The van der Waals surface area contributed by atoms with E-state index in [-0.39, 0.29) is 11.9 Å². The molecule has 5 heteroatoms. The smallest absolute Gasteiger partial charge is 0.254 e. The maximum atomic E-state index is 12.5. The van der Waals surface area contributed by atoms with Crippen LogP contribution in [-0.2, 0) is 4.79 Å². The van der Waals surface area contributed by atoms with Crippen molar-refractivity contribution >= 4 is 18.0 Å². The molecule has 0 bridgehead atoms. The second-order valence-corrected chi connectivity index (χ2v) is 5.65. The molecule has 1 aromatic carbocycles. The van der Waals surface area contributed by atoms with E-state index in [9.17, 15) is 14.7 Å². The minimum absolute atomic E-state index is 0.0766. The van der Waals surface area contributed by atoms with Crippen molar-refractivity contribution in [1.82, 2.24) is 4.90 Å². The van der Waals surface area contributed by atoms with Crippen LogP contribution in [-0.4, -0.2) is 40.5 Å². The van der Waals surface area contributed by atoms with Crippen LogP contribution >= 0.6 is 0 Å². The number of benzene rings is 1. The largest absolute Gasteiger partial charge is 0.388 e. The number of hydrogen-bond acceptors (Lipinski definition) is 3. The average molecular weight is 276 g/mol. The first-order valence-electron chi connectivity index (χ1n) is 6.77. The van der Waals surface area contributed by atoms with Gasteiger partial charge in [0.2, 0.25) is 6.41 Å². The molecule has 0 radical (unpaired) electrons. The highest BCUT2D eigenvalue weighted by molar-refractivity contribution is 5.95. The predicted octanol–water partition coefficient (Wildman–Crippen LogP) is 1.63. The van der Waals surface area contributed by atoms with Crippen LogP contribution in [0.5, 0.6) is 0 Å². The minimum Gasteiger partial charge on any atom is -0.388 e. The second kappa shape index (κ2) is 5.63. The Kier molecular flexibility index (Phi) is 4.09. The Hall–Kier alpha value is -1.88. The van der Waals surface area contributed by atoms with Crippen LogP contribution in [0.25, 0.3) is 0 Å². The first kappa shape index (κ1) is 14.5. The third-order valence-electron chi connectivity index (χ3n) is 3.69. The van der Waals surface area contributed by atoms with Gasteiger partial charge in [0.25, 0.3) is 5.91 Å². The molecule has 0 spiro atoms. The van der Waals surface area contributed by atoms with E-state index in [2.05, 4.69) is 5.32 Å². The molecule has 1 atom stereocenters. The fraction of sp³-hybridized carbons (Fsp3) is 0.467. The Bertz CT molecular complexity index is 491. The first-order chi connectivity index (χ1) is 9.43. The molecule has 1 fully saturated rings. The highest BCUT2D eigenvalue weighted by Crippen LogP contribution is 2.28. The summed E-state index contributed by atoms with van der Waals surface area (Å²) in [5.74, 6) is -0.0766. The summed E-state index contributed by atoms with van der Waals surface area (Å²) in [6.45, 7) is 4.14. The van der Waals surface area contributed by atoms with Gasteiger partial charge < -0.3 is 15.3 Å². The van der Waals surface area contributed by atoms with Crippen molar-refractivity contribution in [2.24, 2.45) is 0 Å². The lowest BCUT2D eigenvalue weighted by molar-refractivity contribution is -0.105. The number of anilines is 1. The van der Waals surface area contributed by atoms with Gasteiger partial charge in [0.1, 0.15) is 0 Å². The van der Waals surface area contributed by atoms with Gasteiger partial charge >= 0.3 is 0 Å². The summed E-state index contributed by atoms with van der Waals surface area (Å²) in [5, 5.41) is 12.7. The van der Waals surface area contributed by atoms with Gasteiger partial charge in [-0.2, -0.15) is 0 Å². The zero-order valence-corrected chi connectivity index (χ0v) is 11.8. The Labute approximate surface area is 118 Å². The topological polar surface area (TPSA) is 69.6 Å². The molecule has 0 aromatic heterocycles. The van der Waals surface area contributed by atoms with Gasteiger partial charge in [-0.1, -0.05) is 0 Å². The van der Waals surface area contributed by atoms with E-state index in [0.717, 1.165) is 12.8 Å². The number of aliphatic hydroxyl groups is 1. The van der Waals surface area contributed by atoms with E-state index in [1.165, 1.54) is 0 Å². The van der Waals surface area contributed by atoms with Crippen molar-refractivity contribution in [2.75, 3.05) is 11.9 Å². The van der Waals surface area contributed by atoms with Crippen molar-refractivity contribution in [3.8, 4) is 0 Å². The number of nitrogens with one attached hydrogen (secondary N) is 1. The number of amides is 2. The van der Waals surface area contributed by atoms with Crippen LogP contribution in [0.2, 0.25) is 0 Å². The summed E-state index contributed by atoms with van der Waals surface area (Å²) in [7, 11) is 0. The van der Waals surface area contributed by atoms with Crippen LogP contribution in [0.3, 0.4) is 0 Å². The van der Waals surface area contributed by atoms with E-state index in [1.807, 2.05) is 0 Å². The van der Waals surface area contributed by atoms with Gasteiger partial charge in [-0.3, -0.25) is 9.59 Å². The van der Waals surface area contributed by atoms with Crippen molar-refractivity contribution in [1.29, 1.82) is 0 Å². The molecular formula is C15H20N2O3. The summed E-state index contributed by atoms with van der Waals surface area (Å²) < 4.78 is 0. The van der Waals surface area contributed by atoms with Crippen LogP contribution in [0.4, 0.5) is 5.69 Å². The monoisotopic (exact) mass is 276 g/mol. The average Bonchev–Trinajstić information content (AvgIpc) is 2.88. The summed E-state index contributed by atoms with van der Waals surface area (Å²) in [6, 6.07) is 6.61. The lowest BCUT2D eigenvalue weighted by atomic mass is 9.96. The fourth-order valence-electron chi connectivity index (χ4n) is 2.69. The Morgan fingerprint density at radius 1 is 1.40 bits per heavy atom. The standard InChI is InChI=1S/C15H20N2O3/c1-15(2,20)13-4-3-9-17(13)14(19)11-5-7-12(8-6-11)16-10-18/h5-8,10,13,20H,3-4,9H2,1-2H3,(H,16,18). The summed E-state index contributed by atoms with van der Waals surface area (Å²) in [6.07, 6.45) is 2.33. The van der Waals surface area contributed by atoms with Gasteiger partial charge in [0.15, 0.2) is 0 Å². The van der Waals surface area contributed by atoms with Crippen molar-refractivity contribution in [3.05, 3.63) is 29.8 Å². The molecule has 1 unspecified atom stereocenters. The van der Waals surface area contributed by atoms with E-state index in [0.29, 0.717) is 24.2 Å². The van der Waals surface area contributed by atoms with E-state index >= 15 is 0 Å². The molecule has 2 rings (SSSR count). The summed E-state index contributed by atoms with van der Waals surface area (Å²) >= 11 is 0. The number of carbonyl (C=O) groups is 2. The molecule has 1 heterocycles. The van der Waals surface area contributed by atoms with Gasteiger partial charge in [-0.15, -0.1) is 0 Å². The van der Waals surface area contributed by atoms with E-state index in [1.54, 1.807) is 43.0 Å². The van der Waals surface area contributed by atoms with E-state index < -0.39 is 5.60 Å². The van der Waals surface area contributed by atoms with Gasteiger partial charge in [0.05, 0.1) is 11.6 Å². The number of nitrogens with zero attached hydrogens (tertiary/aromatic N) is 1. The van der Waals surface area contributed by atoms with Gasteiger partial charge in [0, 0.05) is 17.8 Å².